The van der Waals surface area contributed by atoms with Crippen molar-refractivity contribution in [2.75, 3.05) is 25.0 Å². The van der Waals surface area contributed by atoms with E-state index in [1.165, 1.54) is 0 Å². The molecule has 1 aliphatic heterocycles. The van der Waals surface area contributed by atoms with Crippen molar-refractivity contribution in [3.05, 3.63) is 42.5 Å². The molecule has 3 N–H and O–H groups in total. The highest BCUT2D eigenvalue weighted by atomic mass is 16.2. The molecule has 0 aromatic heterocycles. The number of rotatable bonds is 8. The first-order valence-electron chi connectivity index (χ1n) is 10.3. The lowest BCUT2D eigenvalue weighted by Crippen LogP contribution is -2.48. The summed E-state index contributed by atoms with van der Waals surface area (Å²) in [5, 5.41) is 8.47. The minimum absolute atomic E-state index is 0.0460. The van der Waals surface area contributed by atoms with E-state index in [-0.39, 0.29) is 29.8 Å². The number of likely N-dealkylation sites (tertiary alicyclic amines) is 1. The van der Waals surface area contributed by atoms with Crippen LogP contribution in [-0.4, -0.2) is 48.4 Å². The van der Waals surface area contributed by atoms with Crippen molar-refractivity contribution < 1.29 is 14.4 Å². The van der Waals surface area contributed by atoms with Gasteiger partial charge in [0.25, 0.3) is 5.91 Å². The van der Waals surface area contributed by atoms with Gasteiger partial charge < -0.3 is 20.9 Å². The van der Waals surface area contributed by atoms with Crippen LogP contribution in [0.2, 0.25) is 0 Å². The van der Waals surface area contributed by atoms with Crippen LogP contribution in [0.15, 0.2) is 36.9 Å². The first-order valence-corrected chi connectivity index (χ1v) is 10.3. The van der Waals surface area contributed by atoms with Gasteiger partial charge in [-0.15, -0.1) is 6.58 Å². The van der Waals surface area contributed by atoms with E-state index in [1.54, 1.807) is 30.3 Å². The van der Waals surface area contributed by atoms with E-state index >= 15 is 0 Å². The molecule has 0 unspecified atom stereocenters. The summed E-state index contributed by atoms with van der Waals surface area (Å²) in [6.07, 6.45) is 4.85. The number of piperidine rings is 1. The lowest BCUT2D eigenvalue weighted by Gasteiger charge is -2.34. The maximum Gasteiger partial charge on any atom is 0.319 e. The quantitative estimate of drug-likeness (QED) is 0.586. The van der Waals surface area contributed by atoms with E-state index in [0.717, 1.165) is 25.7 Å². The molecule has 1 aromatic rings. The summed E-state index contributed by atoms with van der Waals surface area (Å²) < 4.78 is 0. The maximum atomic E-state index is 12.5. The first kappa shape index (κ1) is 22.5. The molecule has 0 atom stereocenters. The van der Waals surface area contributed by atoms with Gasteiger partial charge in [0.1, 0.15) is 0 Å². The Labute approximate surface area is 172 Å². The SMILES string of the molecule is C=CCNC(=O)c1ccc(NC(=O)NC2CCN(C(=O)C(CC)CC)CC2)cc1. The number of urea groups is 1. The number of carbonyl (C=O) groups excluding carboxylic acids is 3. The van der Waals surface area contributed by atoms with Crippen LogP contribution in [0.1, 0.15) is 49.9 Å². The highest BCUT2D eigenvalue weighted by Gasteiger charge is 2.27. The molecular weight excluding hydrogens is 368 g/mol. The Kier molecular flexibility index (Phi) is 8.70. The summed E-state index contributed by atoms with van der Waals surface area (Å²) in [6, 6.07) is 6.48. The molecule has 7 nitrogen and oxygen atoms in total. The van der Waals surface area contributed by atoms with Crippen molar-refractivity contribution >= 4 is 23.5 Å². The van der Waals surface area contributed by atoms with Crippen molar-refractivity contribution in [1.29, 1.82) is 0 Å². The fraction of sp³-hybridized carbons (Fsp3) is 0.500. The average molecular weight is 401 g/mol. The molecule has 1 fully saturated rings. The Morgan fingerprint density at radius 3 is 2.31 bits per heavy atom. The Morgan fingerprint density at radius 1 is 1.14 bits per heavy atom. The summed E-state index contributed by atoms with van der Waals surface area (Å²) >= 11 is 0. The average Bonchev–Trinajstić information content (AvgIpc) is 2.73. The van der Waals surface area contributed by atoms with Crippen LogP contribution < -0.4 is 16.0 Å². The van der Waals surface area contributed by atoms with E-state index in [1.807, 2.05) is 18.7 Å². The third kappa shape index (κ3) is 6.62. The molecule has 1 aliphatic rings. The fourth-order valence-corrected chi connectivity index (χ4v) is 3.46. The molecule has 2 rings (SSSR count). The number of nitrogens with one attached hydrogen (secondary N) is 3. The van der Waals surface area contributed by atoms with Gasteiger partial charge in [0.05, 0.1) is 0 Å². The van der Waals surface area contributed by atoms with Crippen LogP contribution in [0.3, 0.4) is 0 Å². The summed E-state index contributed by atoms with van der Waals surface area (Å²) in [7, 11) is 0. The van der Waals surface area contributed by atoms with Gasteiger partial charge in [-0.3, -0.25) is 9.59 Å². The standard InChI is InChI=1S/C22H32N4O3/c1-4-13-23-20(27)17-7-9-18(10-8-17)24-22(29)25-19-11-14-26(15-12-19)21(28)16(5-2)6-3/h4,7-10,16,19H,1,5-6,11-15H2,2-3H3,(H,23,27)(H2,24,25,29). The summed E-state index contributed by atoms with van der Waals surface area (Å²) in [4.78, 5) is 38.5. The normalized spacial score (nSPS) is 14.4. The number of carbonyl (C=O) groups is 3. The molecule has 0 radical (unpaired) electrons. The molecule has 0 bridgehead atoms. The van der Waals surface area contributed by atoms with E-state index in [4.69, 9.17) is 0 Å². The number of benzene rings is 1. The van der Waals surface area contributed by atoms with Gasteiger partial charge in [-0.25, -0.2) is 4.79 Å². The molecule has 1 saturated heterocycles. The molecule has 29 heavy (non-hydrogen) atoms. The molecule has 158 valence electrons. The van der Waals surface area contributed by atoms with Gasteiger partial charge in [0.15, 0.2) is 0 Å². The number of nitrogens with zero attached hydrogens (tertiary/aromatic N) is 1. The van der Waals surface area contributed by atoms with Crippen molar-refractivity contribution in [2.45, 2.75) is 45.6 Å². The molecule has 4 amide bonds. The summed E-state index contributed by atoms with van der Waals surface area (Å²) in [6.45, 7) is 9.41. The van der Waals surface area contributed by atoms with Gasteiger partial charge in [-0.2, -0.15) is 0 Å². The van der Waals surface area contributed by atoms with Crippen molar-refractivity contribution in [3.8, 4) is 0 Å². The topological polar surface area (TPSA) is 90.5 Å². The monoisotopic (exact) mass is 400 g/mol. The lowest BCUT2D eigenvalue weighted by molar-refractivity contribution is -0.136. The van der Waals surface area contributed by atoms with Gasteiger partial charge in [0.2, 0.25) is 5.91 Å². The van der Waals surface area contributed by atoms with Crippen molar-refractivity contribution in [1.82, 2.24) is 15.5 Å². The molecule has 0 saturated carbocycles. The predicted molar refractivity (Wildman–Crippen MR) is 115 cm³/mol. The van der Waals surface area contributed by atoms with Gasteiger partial charge in [-0.1, -0.05) is 19.9 Å². The highest BCUT2D eigenvalue weighted by molar-refractivity contribution is 5.95. The second kappa shape index (κ2) is 11.2. The van der Waals surface area contributed by atoms with Crippen LogP contribution in [0, 0.1) is 5.92 Å². The molecular formula is C22H32N4O3. The Bertz CT molecular complexity index is 705. The largest absolute Gasteiger partial charge is 0.349 e. The number of hydrogen-bond acceptors (Lipinski definition) is 3. The van der Waals surface area contributed by atoms with Crippen LogP contribution in [0.25, 0.3) is 0 Å². The van der Waals surface area contributed by atoms with Gasteiger partial charge in [-0.05, 0) is 49.9 Å². The molecule has 7 heteroatoms. The van der Waals surface area contributed by atoms with E-state index < -0.39 is 0 Å². The fourth-order valence-electron chi connectivity index (χ4n) is 3.46. The second-order valence-electron chi connectivity index (χ2n) is 7.29. The molecule has 1 aromatic carbocycles. The molecule has 1 heterocycles. The van der Waals surface area contributed by atoms with Crippen molar-refractivity contribution in [2.24, 2.45) is 5.92 Å². The second-order valence-corrected chi connectivity index (χ2v) is 7.29. The van der Waals surface area contributed by atoms with Gasteiger partial charge >= 0.3 is 6.03 Å². The summed E-state index contributed by atoms with van der Waals surface area (Å²) in [5.74, 6) is 0.148. The Morgan fingerprint density at radius 2 is 1.76 bits per heavy atom. The lowest BCUT2D eigenvalue weighted by atomic mass is 9.98. The van der Waals surface area contributed by atoms with E-state index in [2.05, 4.69) is 22.5 Å². The van der Waals surface area contributed by atoms with E-state index in [9.17, 15) is 14.4 Å². The molecule has 0 spiro atoms. The Balaban J connectivity index is 1.78. The zero-order valence-electron chi connectivity index (χ0n) is 17.4. The zero-order valence-corrected chi connectivity index (χ0v) is 17.4. The minimum Gasteiger partial charge on any atom is -0.349 e. The van der Waals surface area contributed by atoms with E-state index in [0.29, 0.717) is 30.9 Å². The molecule has 0 aliphatic carbocycles. The third-order valence-electron chi connectivity index (χ3n) is 5.29. The van der Waals surface area contributed by atoms with Crippen molar-refractivity contribution in [3.63, 3.8) is 0 Å². The van der Waals surface area contributed by atoms with Crippen LogP contribution in [0.5, 0.6) is 0 Å². The maximum absolute atomic E-state index is 12.5. The number of hydrogen-bond donors (Lipinski definition) is 3. The van der Waals surface area contributed by atoms with Gasteiger partial charge in [0, 0.05) is 42.8 Å². The number of anilines is 1. The Hall–Kier alpha value is -2.83. The minimum atomic E-state index is -0.279. The zero-order chi connectivity index (χ0) is 21.2. The van der Waals surface area contributed by atoms with Crippen LogP contribution in [-0.2, 0) is 4.79 Å². The van der Waals surface area contributed by atoms with Crippen LogP contribution in [0.4, 0.5) is 10.5 Å². The summed E-state index contributed by atoms with van der Waals surface area (Å²) in [5.41, 5.74) is 1.14. The third-order valence-corrected chi connectivity index (χ3v) is 5.29. The smallest absolute Gasteiger partial charge is 0.319 e. The van der Waals surface area contributed by atoms with Crippen LogP contribution >= 0.6 is 0 Å². The first-order chi connectivity index (χ1) is 14.0. The predicted octanol–water partition coefficient (Wildman–Crippen LogP) is 3.15. The highest BCUT2D eigenvalue weighted by Crippen LogP contribution is 2.17. The number of amides is 4.